The van der Waals surface area contributed by atoms with Gasteiger partial charge in [0.15, 0.2) is 0 Å². The molecule has 0 bridgehead atoms. The third kappa shape index (κ3) is 3.43. The molecule has 0 saturated carbocycles. The molecular weight excluding hydrogens is 155 g/mol. The summed E-state index contributed by atoms with van der Waals surface area (Å²) >= 11 is 0. The second-order valence-corrected chi connectivity index (χ2v) is 2.47. The molecule has 1 unspecified atom stereocenters. The summed E-state index contributed by atoms with van der Waals surface area (Å²) in [6.07, 6.45) is 1.82. The second-order valence-electron chi connectivity index (χ2n) is 1.67. The molecular formula is C5H9O4P. The van der Waals surface area contributed by atoms with Crippen LogP contribution in [0.4, 0.5) is 0 Å². The van der Waals surface area contributed by atoms with Gasteiger partial charge in [-0.15, -0.1) is 0 Å². The van der Waals surface area contributed by atoms with Crippen molar-refractivity contribution in [1.82, 2.24) is 0 Å². The molecule has 4 nitrogen and oxygen atoms in total. The first-order chi connectivity index (χ1) is 4.72. The average molecular weight is 164 g/mol. The molecule has 0 aromatic rings. The third-order valence-corrected chi connectivity index (χ3v) is 1.35. The lowest BCUT2D eigenvalue weighted by Crippen LogP contribution is -2.01. The van der Waals surface area contributed by atoms with E-state index in [1.807, 2.05) is 0 Å². The monoisotopic (exact) mass is 164 g/mol. The molecule has 10 heavy (non-hydrogen) atoms. The van der Waals surface area contributed by atoms with Crippen molar-refractivity contribution in [2.75, 3.05) is 6.16 Å². The molecule has 0 heterocycles. The van der Waals surface area contributed by atoms with E-state index in [1.165, 1.54) is 13.0 Å². The number of rotatable bonds is 3. The molecule has 0 aliphatic heterocycles. The van der Waals surface area contributed by atoms with Crippen LogP contribution < -0.4 is 0 Å². The first-order valence-electron chi connectivity index (χ1n) is 2.68. The Bertz CT molecular complexity index is 163. The summed E-state index contributed by atoms with van der Waals surface area (Å²) in [7, 11) is -0.878. The van der Waals surface area contributed by atoms with E-state index in [0.717, 1.165) is 0 Å². The predicted octanol–water partition coefficient (Wildman–Crippen LogP) is 0.705. The van der Waals surface area contributed by atoms with Crippen LogP contribution in [-0.2, 0) is 14.2 Å². The standard InChI is InChI=1S/C5H9O4P/c1-4(2-3-10-8)5(6)9-7/h2,7H,3,10H2,1H3. The van der Waals surface area contributed by atoms with Gasteiger partial charge in [-0.3, -0.25) is 4.89 Å². The van der Waals surface area contributed by atoms with E-state index >= 15 is 0 Å². The highest BCUT2D eigenvalue weighted by Crippen LogP contribution is 1.99. The van der Waals surface area contributed by atoms with Gasteiger partial charge in [0.25, 0.3) is 0 Å². The van der Waals surface area contributed by atoms with Gasteiger partial charge in [-0.25, -0.2) is 4.79 Å². The van der Waals surface area contributed by atoms with Crippen molar-refractivity contribution in [2.45, 2.75) is 6.92 Å². The molecule has 5 heteroatoms. The molecule has 58 valence electrons. The van der Waals surface area contributed by atoms with Crippen molar-refractivity contribution in [3.8, 4) is 0 Å². The van der Waals surface area contributed by atoms with Gasteiger partial charge in [-0.05, 0) is 6.92 Å². The van der Waals surface area contributed by atoms with Crippen molar-refractivity contribution in [2.24, 2.45) is 0 Å². The Balaban J connectivity index is 3.91. The minimum absolute atomic E-state index is 0.269. The maximum absolute atomic E-state index is 10.4. The van der Waals surface area contributed by atoms with Crippen LogP contribution in [0.5, 0.6) is 0 Å². The quantitative estimate of drug-likeness (QED) is 0.288. The first kappa shape index (κ1) is 9.40. The van der Waals surface area contributed by atoms with Gasteiger partial charge in [0.1, 0.15) is 0 Å². The summed E-state index contributed by atoms with van der Waals surface area (Å²) in [5.74, 6) is -0.798. The van der Waals surface area contributed by atoms with Crippen molar-refractivity contribution in [3.05, 3.63) is 11.6 Å². The largest absolute Gasteiger partial charge is 0.368 e. The fraction of sp³-hybridized carbons (Fsp3) is 0.400. The van der Waals surface area contributed by atoms with E-state index in [2.05, 4.69) is 4.89 Å². The lowest BCUT2D eigenvalue weighted by Gasteiger charge is -1.92. The molecule has 0 spiro atoms. The Morgan fingerprint density at radius 2 is 2.40 bits per heavy atom. The van der Waals surface area contributed by atoms with E-state index in [9.17, 15) is 9.36 Å². The summed E-state index contributed by atoms with van der Waals surface area (Å²) in [6, 6.07) is 0. The summed E-state index contributed by atoms with van der Waals surface area (Å²) in [5, 5.41) is 7.84. The zero-order chi connectivity index (χ0) is 7.98. The van der Waals surface area contributed by atoms with E-state index in [-0.39, 0.29) is 5.57 Å². The maximum Gasteiger partial charge on any atom is 0.368 e. The molecule has 0 radical (unpaired) electrons. The van der Waals surface area contributed by atoms with Crippen LogP contribution in [0.25, 0.3) is 0 Å². The summed E-state index contributed by atoms with van der Waals surface area (Å²) in [5.41, 5.74) is 0.269. The molecule has 0 aliphatic carbocycles. The van der Waals surface area contributed by atoms with Crippen molar-refractivity contribution in [1.29, 1.82) is 0 Å². The van der Waals surface area contributed by atoms with Crippen molar-refractivity contribution in [3.63, 3.8) is 0 Å². The molecule has 0 aromatic heterocycles. The molecule has 1 N–H and O–H groups in total. The fourth-order valence-corrected chi connectivity index (χ4v) is 0.830. The number of hydrogen-bond acceptors (Lipinski definition) is 4. The van der Waals surface area contributed by atoms with E-state index in [0.29, 0.717) is 6.16 Å². The minimum Gasteiger partial charge on any atom is -0.330 e. The highest BCUT2D eigenvalue weighted by molar-refractivity contribution is 7.23. The Kier molecular flexibility index (Phi) is 4.89. The van der Waals surface area contributed by atoms with Crippen LogP contribution >= 0.6 is 8.46 Å². The summed E-state index contributed by atoms with van der Waals surface area (Å²) < 4.78 is 9.97. The Morgan fingerprint density at radius 1 is 1.80 bits per heavy atom. The Labute approximate surface area is 59.6 Å². The van der Waals surface area contributed by atoms with Gasteiger partial charge >= 0.3 is 5.97 Å². The lowest BCUT2D eigenvalue weighted by atomic mass is 10.3. The lowest BCUT2D eigenvalue weighted by molar-refractivity contribution is -0.229. The predicted molar refractivity (Wildman–Crippen MR) is 37.7 cm³/mol. The highest BCUT2D eigenvalue weighted by Gasteiger charge is 2.02. The maximum atomic E-state index is 10.4. The van der Waals surface area contributed by atoms with Gasteiger partial charge < -0.3 is 4.57 Å². The summed E-state index contributed by atoms with van der Waals surface area (Å²) in [6.45, 7) is 1.48. The van der Waals surface area contributed by atoms with Crippen molar-refractivity contribution < 1.29 is 19.5 Å². The normalized spacial score (nSPS) is 12.4. The minimum atomic E-state index is -0.878. The van der Waals surface area contributed by atoms with E-state index in [4.69, 9.17) is 5.26 Å². The Morgan fingerprint density at radius 3 is 2.80 bits per heavy atom. The first-order valence-corrected chi connectivity index (χ1v) is 3.97. The van der Waals surface area contributed by atoms with Crippen LogP contribution in [-0.4, -0.2) is 17.4 Å². The van der Waals surface area contributed by atoms with Gasteiger partial charge in [0.2, 0.25) is 0 Å². The van der Waals surface area contributed by atoms with E-state index in [1.54, 1.807) is 0 Å². The molecule has 0 aromatic carbocycles. The van der Waals surface area contributed by atoms with Gasteiger partial charge in [-0.2, -0.15) is 5.26 Å². The SMILES string of the molecule is CC(=CC[PH2]=O)C(=O)OO. The van der Waals surface area contributed by atoms with Gasteiger partial charge in [0.05, 0.1) is 8.46 Å². The smallest absolute Gasteiger partial charge is 0.330 e. The fourth-order valence-electron chi connectivity index (χ4n) is 0.380. The van der Waals surface area contributed by atoms with Crippen LogP contribution in [0.1, 0.15) is 6.92 Å². The zero-order valence-corrected chi connectivity index (χ0v) is 6.69. The van der Waals surface area contributed by atoms with Gasteiger partial charge in [-0.1, -0.05) is 6.08 Å². The average Bonchev–Trinajstić information content (AvgIpc) is 1.98. The van der Waals surface area contributed by atoms with Crippen molar-refractivity contribution >= 4 is 14.4 Å². The molecule has 1 atom stereocenters. The van der Waals surface area contributed by atoms with Crippen LogP contribution in [0.15, 0.2) is 11.6 Å². The van der Waals surface area contributed by atoms with Gasteiger partial charge in [0, 0.05) is 11.7 Å². The molecule has 0 saturated heterocycles. The number of hydrogen-bond donors (Lipinski definition) is 1. The highest BCUT2D eigenvalue weighted by atomic mass is 31.1. The molecule has 0 amide bonds. The van der Waals surface area contributed by atoms with Crippen LogP contribution in [0.2, 0.25) is 0 Å². The summed E-state index contributed by atoms with van der Waals surface area (Å²) in [4.78, 5) is 13.8. The number of carbonyl (C=O) groups is 1. The topological polar surface area (TPSA) is 63.6 Å². The molecule has 0 rings (SSSR count). The molecule has 0 aliphatic rings. The third-order valence-electron chi connectivity index (χ3n) is 0.925. The molecule has 0 fully saturated rings. The second kappa shape index (κ2) is 5.21. The zero-order valence-electron chi connectivity index (χ0n) is 5.53. The Hall–Kier alpha value is -0.600. The van der Waals surface area contributed by atoms with Crippen LogP contribution in [0, 0.1) is 0 Å². The number of carbonyl (C=O) groups excluding carboxylic acids is 1. The van der Waals surface area contributed by atoms with Crippen LogP contribution in [0.3, 0.4) is 0 Å². The van der Waals surface area contributed by atoms with E-state index < -0.39 is 14.4 Å². The number of allylic oxidation sites excluding steroid dienone is 1.